The van der Waals surface area contributed by atoms with E-state index in [2.05, 4.69) is 9.55 Å². The van der Waals surface area contributed by atoms with E-state index in [0.717, 1.165) is 32.1 Å². The fraction of sp³-hybridized carbons (Fsp3) is 0.0625. The number of hydrogen-bond donors (Lipinski definition) is 0. The Bertz CT molecular complexity index is 749. The molecule has 3 rings (SSSR count). The summed E-state index contributed by atoms with van der Waals surface area (Å²) >= 11 is 13.5. The maximum absolute atomic E-state index is 5.98. The molecule has 0 aliphatic rings. The number of benzene rings is 2. The van der Waals surface area contributed by atoms with Crippen molar-refractivity contribution >= 4 is 35.0 Å². The maximum Gasteiger partial charge on any atom is 0.172 e. The average molecular weight is 335 g/mol. The van der Waals surface area contributed by atoms with Crippen molar-refractivity contribution in [2.75, 3.05) is 6.26 Å². The van der Waals surface area contributed by atoms with Crippen LogP contribution in [0.15, 0.2) is 59.9 Å². The molecule has 0 amide bonds. The number of imidazole rings is 1. The zero-order valence-electron chi connectivity index (χ0n) is 11.3. The molecule has 0 saturated carbocycles. The van der Waals surface area contributed by atoms with E-state index in [4.69, 9.17) is 23.2 Å². The lowest BCUT2D eigenvalue weighted by atomic mass is 10.1. The van der Waals surface area contributed by atoms with Crippen molar-refractivity contribution in [2.45, 2.75) is 5.16 Å². The van der Waals surface area contributed by atoms with Crippen LogP contribution in [0.2, 0.25) is 10.0 Å². The molecule has 2 aromatic carbocycles. The van der Waals surface area contributed by atoms with Gasteiger partial charge in [0, 0.05) is 21.3 Å². The van der Waals surface area contributed by atoms with Crippen LogP contribution in [0.25, 0.3) is 16.9 Å². The molecule has 3 aromatic rings. The second-order valence-corrected chi connectivity index (χ2v) is 6.10. The number of halogens is 2. The van der Waals surface area contributed by atoms with Crippen molar-refractivity contribution in [3.05, 3.63) is 64.8 Å². The standard InChI is InChI=1S/C16H12Cl2N2S/c1-21-16-19-10-15(11-2-4-12(17)5-3-11)20(16)14-8-6-13(18)7-9-14/h2-10H,1H3. The molecule has 0 atom stereocenters. The Hall–Kier alpha value is -1.42. The third kappa shape index (κ3) is 2.95. The van der Waals surface area contributed by atoms with Gasteiger partial charge in [-0.05, 0) is 42.7 Å². The molecule has 0 N–H and O–H groups in total. The highest BCUT2D eigenvalue weighted by Crippen LogP contribution is 2.30. The van der Waals surface area contributed by atoms with Crippen molar-refractivity contribution in [2.24, 2.45) is 0 Å². The van der Waals surface area contributed by atoms with Gasteiger partial charge in [-0.2, -0.15) is 0 Å². The summed E-state index contributed by atoms with van der Waals surface area (Å²) in [6.45, 7) is 0. The van der Waals surface area contributed by atoms with Gasteiger partial charge < -0.3 is 0 Å². The summed E-state index contributed by atoms with van der Waals surface area (Å²) in [5, 5.41) is 2.38. The molecule has 1 heterocycles. The van der Waals surface area contributed by atoms with Crippen molar-refractivity contribution in [1.29, 1.82) is 0 Å². The molecule has 5 heteroatoms. The lowest BCUT2D eigenvalue weighted by Gasteiger charge is -2.11. The van der Waals surface area contributed by atoms with E-state index in [1.165, 1.54) is 0 Å². The second kappa shape index (κ2) is 6.14. The van der Waals surface area contributed by atoms with Gasteiger partial charge in [0.25, 0.3) is 0 Å². The van der Waals surface area contributed by atoms with Gasteiger partial charge in [0.05, 0.1) is 11.9 Å². The Morgan fingerprint density at radius 3 is 2.05 bits per heavy atom. The normalized spacial score (nSPS) is 10.8. The number of nitrogens with zero attached hydrogens (tertiary/aromatic N) is 2. The van der Waals surface area contributed by atoms with Gasteiger partial charge in [-0.25, -0.2) is 4.98 Å². The first kappa shape index (κ1) is 14.5. The third-order valence-corrected chi connectivity index (χ3v) is 4.29. The van der Waals surface area contributed by atoms with Crippen molar-refractivity contribution in [3.8, 4) is 16.9 Å². The quantitative estimate of drug-likeness (QED) is 0.583. The molecule has 0 spiro atoms. The van der Waals surface area contributed by atoms with E-state index in [0.29, 0.717) is 0 Å². The topological polar surface area (TPSA) is 17.8 Å². The fourth-order valence-corrected chi connectivity index (χ4v) is 2.94. The Morgan fingerprint density at radius 2 is 1.48 bits per heavy atom. The summed E-state index contributed by atoms with van der Waals surface area (Å²) in [5.41, 5.74) is 3.13. The largest absolute Gasteiger partial charge is 0.287 e. The minimum atomic E-state index is 0.720. The molecule has 0 fully saturated rings. The molecule has 106 valence electrons. The predicted octanol–water partition coefficient (Wildman–Crippen LogP) is 5.57. The molecule has 2 nitrogen and oxygen atoms in total. The molecule has 0 unspecified atom stereocenters. The van der Waals surface area contributed by atoms with E-state index in [9.17, 15) is 0 Å². The lowest BCUT2D eigenvalue weighted by Crippen LogP contribution is -1.98. The first-order valence-electron chi connectivity index (χ1n) is 6.32. The van der Waals surface area contributed by atoms with Crippen molar-refractivity contribution < 1.29 is 0 Å². The van der Waals surface area contributed by atoms with Gasteiger partial charge in [-0.1, -0.05) is 47.1 Å². The van der Waals surface area contributed by atoms with Gasteiger partial charge in [-0.3, -0.25) is 4.57 Å². The molecule has 21 heavy (non-hydrogen) atoms. The summed E-state index contributed by atoms with van der Waals surface area (Å²) < 4.78 is 2.12. The average Bonchev–Trinajstić information content (AvgIpc) is 2.93. The van der Waals surface area contributed by atoms with Crippen molar-refractivity contribution in [3.63, 3.8) is 0 Å². The maximum atomic E-state index is 5.98. The smallest absolute Gasteiger partial charge is 0.172 e. The summed E-state index contributed by atoms with van der Waals surface area (Å²) in [4.78, 5) is 4.49. The van der Waals surface area contributed by atoms with Crippen LogP contribution in [0.1, 0.15) is 0 Å². The second-order valence-electron chi connectivity index (χ2n) is 4.45. The van der Waals surface area contributed by atoms with E-state index in [1.807, 2.05) is 61.0 Å². The van der Waals surface area contributed by atoms with E-state index in [1.54, 1.807) is 11.8 Å². The minimum Gasteiger partial charge on any atom is -0.287 e. The summed E-state index contributed by atoms with van der Waals surface area (Å²) in [6, 6.07) is 15.5. The van der Waals surface area contributed by atoms with Crippen LogP contribution in [-0.2, 0) is 0 Å². The molecule has 1 aromatic heterocycles. The third-order valence-electron chi connectivity index (χ3n) is 3.14. The highest BCUT2D eigenvalue weighted by Gasteiger charge is 2.12. The molecule has 0 bridgehead atoms. The van der Waals surface area contributed by atoms with Crippen LogP contribution in [0.3, 0.4) is 0 Å². The van der Waals surface area contributed by atoms with Crippen LogP contribution >= 0.6 is 35.0 Å². The number of hydrogen-bond acceptors (Lipinski definition) is 2. The van der Waals surface area contributed by atoms with Gasteiger partial charge in [-0.15, -0.1) is 0 Å². The Labute approximate surface area is 137 Å². The predicted molar refractivity (Wildman–Crippen MR) is 90.8 cm³/mol. The Balaban J connectivity index is 2.16. The zero-order chi connectivity index (χ0) is 14.8. The Morgan fingerprint density at radius 1 is 0.905 bits per heavy atom. The Kier molecular flexibility index (Phi) is 4.24. The number of thioether (sulfide) groups is 1. The number of rotatable bonds is 3. The van der Waals surface area contributed by atoms with Crippen molar-refractivity contribution in [1.82, 2.24) is 9.55 Å². The van der Waals surface area contributed by atoms with E-state index >= 15 is 0 Å². The van der Waals surface area contributed by atoms with Crippen LogP contribution in [-0.4, -0.2) is 15.8 Å². The van der Waals surface area contributed by atoms with Crippen LogP contribution in [0.5, 0.6) is 0 Å². The lowest BCUT2D eigenvalue weighted by molar-refractivity contribution is 0.903. The van der Waals surface area contributed by atoms with Gasteiger partial charge in [0.15, 0.2) is 5.16 Å². The molecule has 0 saturated heterocycles. The molecule has 0 aliphatic heterocycles. The van der Waals surface area contributed by atoms with Gasteiger partial charge >= 0.3 is 0 Å². The fourth-order valence-electron chi connectivity index (χ4n) is 2.14. The molecular weight excluding hydrogens is 323 g/mol. The van der Waals surface area contributed by atoms with Crippen LogP contribution in [0, 0.1) is 0 Å². The molecule has 0 aliphatic carbocycles. The summed E-state index contributed by atoms with van der Waals surface area (Å²) in [5.74, 6) is 0. The minimum absolute atomic E-state index is 0.720. The molecular formula is C16H12Cl2N2S. The van der Waals surface area contributed by atoms with E-state index < -0.39 is 0 Å². The zero-order valence-corrected chi connectivity index (χ0v) is 13.6. The number of aromatic nitrogens is 2. The summed E-state index contributed by atoms with van der Waals surface area (Å²) in [6.07, 6.45) is 3.89. The SMILES string of the molecule is CSc1ncc(-c2ccc(Cl)cc2)n1-c1ccc(Cl)cc1. The van der Waals surface area contributed by atoms with E-state index in [-0.39, 0.29) is 0 Å². The monoisotopic (exact) mass is 334 g/mol. The summed E-state index contributed by atoms with van der Waals surface area (Å²) in [7, 11) is 0. The van der Waals surface area contributed by atoms with Gasteiger partial charge in [0.2, 0.25) is 0 Å². The molecule has 0 radical (unpaired) electrons. The highest BCUT2D eigenvalue weighted by molar-refractivity contribution is 7.98. The highest BCUT2D eigenvalue weighted by atomic mass is 35.5. The van der Waals surface area contributed by atoms with Crippen LogP contribution in [0.4, 0.5) is 0 Å². The van der Waals surface area contributed by atoms with Gasteiger partial charge in [0.1, 0.15) is 0 Å². The first-order chi connectivity index (χ1) is 10.2. The van der Waals surface area contributed by atoms with Crippen LogP contribution < -0.4 is 0 Å². The first-order valence-corrected chi connectivity index (χ1v) is 8.31.